The van der Waals surface area contributed by atoms with Gasteiger partial charge in [-0.3, -0.25) is 0 Å². The zero-order valence-corrected chi connectivity index (χ0v) is 14.3. The second-order valence-electron chi connectivity index (χ2n) is 5.53. The number of thiophene rings is 1. The fourth-order valence-electron chi connectivity index (χ4n) is 2.54. The third-order valence-electron chi connectivity index (χ3n) is 3.92. The first kappa shape index (κ1) is 16.2. The van der Waals surface area contributed by atoms with E-state index in [1.807, 2.05) is 0 Å². The van der Waals surface area contributed by atoms with E-state index in [-0.39, 0.29) is 0 Å². The predicted molar refractivity (Wildman–Crippen MR) is 92.3 cm³/mol. The van der Waals surface area contributed by atoms with Crippen LogP contribution in [0.5, 0.6) is 0 Å². The molecular weight excluding hydrogens is 280 g/mol. The number of rotatable bonds is 8. The van der Waals surface area contributed by atoms with Gasteiger partial charge in [-0.1, -0.05) is 13.8 Å². The zero-order chi connectivity index (χ0) is 15.2. The third kappa shape index (κ3) is 4.14. The summed E-state index contributed by atoms with van der Waals surface area (Å²) in [6.45, 7) is 12.2. The van der Waals surface area contributed by atoms with Crippen LogP contribution in [0, 0.1) is 6.92 Å². The standard InChI is InChI=1S/C16H26N4S/c1-5-20(6-2)9-7-8-13(4)19-16-15-14(17-11-18-16)12(3)10-21-15/h10-11,13H,5-9H2,1-4H3,(H,17,18,19). The quantitative estimate of drug-likeness (QED) is 0.802. The lowest BCUT2D eigenvalue weighted by Gasteiger charge is -2.20. The van der Waals surface area contributed by atoms with Crippen LogP contribution in [0.1, 0.15) is 39.2 Å². The maximum Gasteiger partial charge on any atom is 0.147 e. The Morgan fingerprint density at radius 3 is 2.76 bits per heavy atom. The number of fused-ring (bicyclic) bond motifs is 1. The molecule has 21 heavy (non-hydrogen) atoms. The summed E-state index contributed by atoms with van der Waals surface area (Å²) in [5, 5.41) is 5.70. The summed E-state index contributed by atoms with van der Waals surface area (Å²) in [6.07, 6.45) is 4.03. The van der Waals surface area contributed by atoms with Crippen molar-refractivity contribution >= 4 is 27.4 Å². The maximum absolute atomic E-state index is 4.41. The highest BCUT2D eigenvalue weighted by Crippen LogP contribution is 2.28. The van der Waals surface area contributed by atoms with E-state index < -0.39 is 0 Å². The van der Waals surface area contributed by atoms with Gasteiger partial charge in [0.1, 0.15) is 12.1 Å². The Morgan fingerprint density at radius 2 is 2.05 bits per heavy atom. The minimum absolute atomic E-state index is 0.432. The zero-order valence-electron chi connectivity index (χ0n) is 13.5. The summed E-state index contributed by atoms with van der Waals surface area (Å²) in [6, 6.07) is 0.432. The van der Waals surface area contributed by atoms with Crippen molar-refractivity contribution in [1.29, 1.82) is 0 Å². The summed E-state index contributed by atoms with van der Waals surface area (Å²) < 4.78 is 1.17. The number of hydrogen-bond acceptors (Lipinski definition) is 5. The molecule has 0 aliphatic carbocycles. The Balaban J connectivity index is 1.91. The van der Waals surface area contributed by atoms with Gasteiger partial charge in [-0.25, -0.2) is 9.97 Å². The number of nitrogens with one attached hydrogen (secondary N) is 1. The fourth-order valence-corrected chi connectivity index (χ4v) is 3.49. The lowest BCUT2D eigenvalue weighted by Crippen LogP contribution is -2.25. The first-order chi connectivity index (χ1) is 10.2. The molecule has 1 N–H and O–H groups in total. The Labute approximate surface area is 131 Å². The van der Waals surface area contributed by atoms with Gasteiger partial charge in [-0.2, -0.15) is 0 Å². The number of nitrogens with zero attached hydrogens (tertiary/aromatic N) is 3. The molecule has 0 bridgehead atoms. The number of aryl methyl sites for hydroxylation is 1. The fraction of sp³-hybridized carbons (Fsp3) is 0.625. The third-order valence-corrected chi connectivity index (χ3v) is 5.01. The number of anilines is 1. The van der Waals surface area contributed by atoms with Crippen molar-refractivity contribution in [2.45, 2.75) is 46.6 Å². The Kier molecular flexibility index (Phi) is 5.94. The highest BCUT2D eigenvalue weighted by atomic mass is 32.1. The van der Waals surface area contributed by atoms with E-state index in [1.54, 1.807) is 17.7 Å². The molecular formula is C16H26N4S. The van der Waals surface area contributed by atoms with Gasteiger partial charge >= 0.3 is 0 Å². The minimum Gasteiger partial charge on any atom is -0.366 e. The molecule has 0 fully saturated rings. The number of hydrogen-bond donors (Lipinski definition) is 1. The van der Waals surface area contributed by atoms with Crippen LogP contribution < -0.4 is 5.32 Å². The van der Waals surface area contributed by atoms with Crippen molar-refractivity contribution in [1.82, 2.24) is 14.9 Å². The normalized spacial score (nSPS) is 13.0. The van der Waals surface area contributed by atoms with Gasteiger partial charge in [-0.05, 0) is 57.3 Å². The summed E-state index contributed by atoms with van der Waals surface area (Å²) in [5.74, 6) is 0.980. The Bertz CT molecular complexity index is 562. The van der Waals surface area contributed by atoms with Crippen LogP contribution in [0.2, 0.25) is 0 Å². The van der Waals surface area contributed by atoms with Crippen LogP contribution in [-0.4, -0.2) is 40.5 Å². The maximum atomic E-state index is 4.41. The van der Waals surface area contributed by atoms with Gasteiger partial charge in [0.2, 0.25) is 0 Å². The SMILES string of the molecule is CCN(CC)CCCC(C)Nc1ncnc2c(C)csc12. The van der Waals surface area contributed by atoms with E-state index in [0.717, 1.165) is 30.8 Å². The van der Waals surface area contributed by atoms with Crippen LogP contribution in [0.25, 0.3) is 10.2 Å². The van der Waals surface area contributed by atoms with Crippen LogP contribution >= 0.6 is 11.3 Å². The first-order valence-corrected chi connectivity index (χ1v) is 8.71. The van der Waals surface area contributed by atoms with Gasteiger partial charge in [-0.15, -0.1) is 11.3 Å². The van der Waals surface area contributed by atoms with Gasteiger partial charge in [0.05, 0.1) is 10.2 Å². The second kappa shape index (κ2) is 7.71. The van der Waals surface area contributed by atoms with Crippen LogP contribution in [-0.2, 0) is 0 Å². The van der Waals surface area contributed by atoms with Crippen LogP contribution in [0.15, 0.2) is 11.7 Å². The Morgan fingerprint density at radius 1 is 1.29 bits per heavy atom. The molecule has 0 aromatic carbocycles. The molecule has 2 aromatic rings. The molecule has 5 heteroatoms. The van der Waals surface area contributed by atoms with E-state index in [2.05, 4.69) is 53.3 Å². The second-order valence-corrected chi connectivity index (χ2v) is 6.41. The summed E-state index contributed by atoms with van der Waals surface area (Å²) in [7, 11) is 0. The largest absolute Gasteiger partial charge is 0.366 e. The van der Waals surface area contributed by atoms with E-state index in [9.17, 15) is 0 Å². The topological polar surface area (TPSA) is 41.0 Å². The molecule has 0 saturated carbocycles. The Hall–Kier alpha value is -1.20. The molecule has 2 heterocycles. The molecule has 0 spiro atoms. The summed E-state index contributed by atoms with van der Waals surface area (Å²) in [4.78, 5) is 11.3. The highest BCUT2D eigenvalue weighted by Gasteiger charge is 2.10. The van der Waals surface area contributed by atoms with Gasteiger partial charge in [0.15, 0.2) is 0 Å². The average Bonchev–Trinajstić information content (AvgIpc) is 2.86. The van der Waals surface area contributed by atoms with E-state index >= 15 is 0 Å². The van der Waals surface area contributed by atoms with Crippen molar-refractivity contribution in [3.05, 3.63) is 17.3 Å². The van der Waals surface area contributed by atoms with Crippen molar-refractivity contribution in [3.63, 3.8) is 0 Å². The smallest absolute Gasteiger partial charge is 0.147 e. The highest BCUT2D eigenvalue weighted by molar-refractivity contribution is 7.18. The van der Waals surface area contributed by atoms with E-state index in [1.165, 1.54) is 23.2 Å². The molecule has 0 saturated heterocycles. The molecule has 1 atom stereocenters. The van der Waals surface area contributed by atoms with Crippen LogP contribution in [0.3, 0.4) is 0 Å². The van der Waals surface area contributed by atoms with Gasteiger partial charge in [0.25, 0.3) is 0 Å². The summed E-state index contributed by atoms with van der Waals surface area (Å²) >= 11 is 1.72. The van der Waals surface area contributed by atoms with Gasteiger partial charge < -0.3 is 10.2 Å². The van der Waals surface area contributed by atoms with E-state index in [0.29, 0.717) is 6.04 Å². The lowest BCUT2D eigenvalue weighted by atomic mass is 10.1. The molecule has 0 aliphatic heterocycles. The lowest BCUT2D eigenvalue weighted by molar-refractivity contribution is 0.295. The molecule has 4 nitrogen and oxygen atoms in total. The average molecular weight is 306 g/mol. The molecule has 0 amide bonds. The number of aromatic nitrogens is 2. The summed E-state index contributed by atoms with van der Waals surface area (Å²) in [5.41, 5.74) is 2.31. The molecule has 2 aromatic heterocycles. The minimum atomic E-state index is 0.432. The van der Waals surface area contributed by atoms with Gasteiger partial charge in [0, 0.05) is 6.04 Å². The first-order valence-electron chi connectivity index (χ1n) is 7.83. The molecule has 2 rings (SSSR count). The molecule has 1 unspecified atom stereocenters. The van der Waals surface area contributed by atoms with Crippen molar-refractivity contribution in [2.24, 2.45) is 0 Å². The molecule has 116 valence electrons. The van der Waals surface area contributed by atoms with Crippen molar-refractivity contribution in [3.8, 4) is 0 Å². The van der Waals surface area contributed by atoms with Crippen molar-refractivity contribution in [2.75, 3.05) is 25.0 Å². The van der Waals surface area contributed by atoms with Crippen LogP contribution in [0.4, 0.5) is 5.82 Å². The predicted octanol–water partition coefficient (Wildman–Crippen LogP) is 3.92. The monoisotopic (exact) mass is 306 g/mol. The van der Waals surface area contributed by atoms with E-state index in [4.69, 9.17) is 0 Å². The van der Waals surface area contributed by atoms with Crippen molar-refractivity contribution < 1.29 is 0 Å². The molecule has 0 aliphatic rings. The molecule has 0 radical (unpaired) electrons.